The summed E-state index contributed by atoms with van der Waals surface area (Å²) in [5, 5.41) is 5.40. The largest absolute Gasteiger partial charge is 0.350 e. The van der Waals surface area contributed by atoms with Crippen molar-refractivity contribution >= 4 is 38.9 Å². The number of benzene rings is 1. The molecule has 0 unspecified atom stereocenters. The number of likely N-dealkylation sites (tertiary alicyclic amines) is 1. The highest BCUT2D eigenvalue weighted by molar-refractivity contribution is 7.89. The molecule has 3 rings (SSSR count). The Morgan fingerprint density at radius 1 is 1.19 bits per heavy atom. The fraction of sp³-hybridized carbons (Fsp3) is 0.389. The van der Waals surface area contributed by atoms with Crippen LogP contribution in [0.25, 0.3) is 0 Å². The fourth-order valence-corrected chi connectivity index (χ4v) is 5.04. The standard InChI is InChI=1S/C18H22ClN3O3S2/c19-14-3-5-17(6-4-14)27(24,25)21-15-7-9-22(10-8-15)13-18(23)20-12-16-2-1-11-26-16/h1-6,11,15,21H,7-10,12-13H2,(H,20,23). The van der Waals surface area contributed by atoms with Gasteiger partial charge in [0.05, 0.1) is 18.0 Å². The third-order valence-electron chi connectivity index (χ3n) is 4.44. The quantitative estimate of drug-likeness (QED) is 0.711. The summed E-state index contributed by atoms with van der Waals surface area (Å²) in [6.45, 7) is 2.25. The molecule has 1 aliphatic rings. The average Bonchev–Trinajstić information content (AvgIpc) is 3.15. The van der Waals surface area contributed by atoms with Gasteiger partial charge in [-0.3, -0.25) is 9.69 Å². The maximum absolute atomic E-state index is 12.4. The molecule has 2 aromatic rings. The number of rotatable bonds is 7. The number of amides is 1. The molecule has 0 bridgehead atoms. The molecule has 1 aliphatic heterocycles. The zero-order chi connectivity index (χ0) is 19.3. The van der Waals surface area contributed by atoms with Crippen LogP contribution >= 0.6 is 22.9 Å². The van der Waals surface area contributed by atoms with Gasteiger partial charge >= 0.3 is 0 Å². The third kappa shape index (κ3) is 6.02. The lowest BCUT2D eigenvalue weighted by atomic mass is 10.1. The van der Waals surface area contributed by atoms with Crippen LogP contribution in [-0.4, -0.2) is 44.9 Å². The van der Waals surface area contributed by atoms with Crippen LogP contribution in [0.4, 0.5) is 0 Å². The predicted octanol–water partition coefficient (Wildman–Crippen LogP) is 2.46. The summed E-state index contributed by atoms with van der Waals surface area (Å²) in [5.74, 6) is -0.0106. The van der Waals surface area contributed by atoms with Crippen molar-refractivity contribution in [2.75, 3.05) is 19.6 Å². The Hall–Kier alpha value is -1.45. The monoisotopic (exact) mass is 427 g/mol. The van der Waals surface area contributed by atoms with Crippen molar-refractivity contribution < 1.29 is 13.2 Å². The molecule has 1 fully saturated rings. The number of nitrogens with zero attached hydrogens (tertiary/aromatic N) is 1. The van der Waals surface area contributed by atoms with Gasteiger partial charge in [0.1, 0.15) is 0 Å². The van der Waals surface area contributed by atoms with Crippen LogP contribution < -0.4 is 10.0 Å². The number of thiophene rings is 1. The van der Waals surface area contributed by atoms with Gasteiger partial charge < -0.3 is 5.32 Å². The lowest BCUT2D eigenvalue weighted by Crippen LogP contribution is -2.47. The number of sulfonamides is 1. The first kappa shape index (κ1) is 20.3. The van der Waals surface area contributed by atoms with Gasteiger partial charge in [-0.2, -0.15) is 0 Å². The summed E-state index contributed by atoms with van der Waals surface area (Å²) < 4.78 is 27.6. The van der Waals surface area contributed by atoms with Crippen molar-refractivity contribution in [1.29, 1.82) is 0 Å². The minimum absolute atomic E-state index is 0.0106. The Labute approximate surface area is 168 Å². The van der Waals surface area contributed by atoms with Crippen molar-refractivity contribution in [2.45, 2.75) is 30.3 Å². The summed E-state index contributed by atoms with van der Waals surface area (Å²) in [7, 11) is -3.56. The first-order chi connectivity index (χ1) is 12.9. The molecule has 0 atom stereocenters. The smallest absolute Gasteiger partial charge is 0.240 e. The maximum atomic E-state index is 12.4. The summed E-state index contributed by atoms with van der Waals surface area (Å²) in [6, 6.07) is 9.94. The molecule has 0 saturated carbocycles. The van der Waals surface area contributed by atoms with Gasteiger partial charge in [0.15, 0.2) is 0 Å². The molecule has 2 heterocycles. The lowest BCUT2D eigenvalue weighted by Gasteiger charge is -2.31. The highest BCUT2D eigenvalue weighted by Crippen LogP contribution is 2.17. The Morgan fingerprint density at radius 3 is 2.52 bits per heavy atom. The van der Waals surface area contributed by atoms with Gasteiger partial charge in [-0.15, -0.1) is 11.3 Å². The molecule has 1 amide bonds. The number of carbonyl (C=O) groups excluding carboxylic acids is 1. The molecule has 6 nitrogen and oxygen atoms in total. The van der Waals surface area contributed by atoms with E-state index in [4.69, 9.17) is 11.6 Å². The summed E-state index contributed by atoms with van der Waals surface area (Å²) in [6.07, 6.45) is 1.34. The number of piperidine rings is 1. The number of nitrogens with one attached hydrogen (secondary N) is 2. The Balaban J connectivity index is 1.43. The van der Waals surface area contributed by atoms with E-state index in [2.05, 4.69) is 14.9 Å². The molecule has 1 aromatic carbocycles. The van der Waals surface area contributed by atoms with Crippen molar-refractivity contribution in [1.82, 2.24) is 14.9 Å². The van der Waals surface area contributed by atoms with Crippen molar-refractivity contribution in [3.05, 3.63) is 51.7 Å². The molecule has 146 valence electrons. The topological polar surface area (TPSA) is 78.5 Å². The average molecular weight is 428 g/mol. The van der Waals surface area contributed by atoms with Crippen LogP contribution in [-0.2, 0) is 21.4 Å². The molecule has 0 radical (unpaired) electrons. The highest BCUT2D eigenvalue weighted by Gasteiger charge is 2.25. The zero-order valence-electron chi connectivity index (χ0n) is 14.7. The Morgan fingerprint density at radius 2 is 1.89 bits per heavy atom. The molecular formula is C18H22ClN3O3S2. The molecule has 1 aromatic heterocycles. The van der Waals surface area contributed by atoms with Crippen LogP contribution in [0.5, 0.6) is 0 Å². The zero-order valence-corrected chi connectivity index (χ0v) is 17.1. The highest BCUT2D eigenvalue weighted by atomic mass is 35.5. The minimum atomic E-state index is -3.56. The summed E-state index contributed by atoms with van der Waals surface area (Å²) >= 11 is 7.42. The van der Waals surface area contributed by atoms with Gasteiger partial charge in [0.25, 0.3) is 0 Å². The molecule has 9 heteroatoms. The molecular weight excluding hydrogens is 406 g/mol. The second-order valence-electron chi connectivity index (χ2n) is 6.48. The van der Waals surface area contributed by atoms with Crippen molar-refractivity contribution in [3.63, 3.8) is 0 Å². The van der Waals surface area contributed by atoms with Crippen LogP contribution in [0, 0.1) is 0 Å². The fourth-order valence-electron chi connectivity index (χ4n) is 2.97. The molecule has 2 N–H and O–H groups in total. The summed E-state index contributed by atoms with van der Waals surface area (Å²) in [5.41, 5.74) is 0. The number of carbonyl (C=O) groups is 1. The van der Waals surface area contributed by atoms with Gasteiger partial charge in [0.2, 0.25) is 15.9 Å². The number of halogens is 1. The normalized spacial score (nSPS) is 16.3. The molecule has 0 aliphatic carbocycles. The first-order valence-electron chi connectivity index (χ1n) is 8.72. The van der Waals surface area contributed by atoms with Crippen LogP contribution in [0.15, 0.2) is 46.7 Å². The van der Waals surface area contributed by atoms with E-state index in [9.17, 15) is 13.2 Å². The van der Waals surface area contributed by atoms with E-state index in [1.807, 2.05) is 17.5 Å². The van der Waals surface area contributed by atoms with Crippen LogP contribution in [0.3, 0.4) is 0 Å². The minimum Gasteiger partial charge on any atom is -0.350 e. The maximum Gasteiger partial charge on any atom is 0.240 e. The predicted molar refractivity (Wildman–Crippen MR) is 107 cm³/mol. The van der Waals surface area contributed by atoms with E-state index < -0.39 is 10.0 Å². The summed E-state index contributed by atoms with van der Waals surface area (Å²) in [4.78, 5) is 15.4. The van der Waals surface area contributed by atoms with E-state index in [1.165, 1.54) is 12.1 Å². The van der Waals surface area contributed by atoms with Crippen LogP contribution in [0.1, 0.15) is 17.7 Å². The molecule has 1 saturated heterocycles. The van der Waals surface area contributed by atoms with E-state index in [0.29, 0.717) is 44.0 Å². The molecule has 0 spiro atoms. The van der Waals surface area contributed by atoms with Crippen molar-refractivity contribution in [3.8, 4) is 0 Å². The van der Waals surface area contributed by atoms with E-state index in [1.54, 1.807) is 23.5 Å². The van der Waals surface area contributed by atoms with Gasteiger partial charge in [-0.05, 0) is 48.6 Å². The number of hydrogen-bond donors (Lipinski definition) is 2. The van der Waals surface area contributed by atoms with E-state index >= 15 is 0 Å². The van der Waals surface area contributed by atoms with Gasteiger partial charge in [-0.1, -0.05) is 17.7 Å². The SMILES string of the molecule is O=C(CN1CCC(NS(=O)(=O)c2ccc(Cl)cc2)CC1)NCc1cccs1. The van der Waals surface area contributed by atoms with E-state index in [0.717, 1.165) is 4.88 Å². The van der Waals surface area contributed by atoms with Crippen LogP contribution in [0.2, 0.25) is 5.02 Å². The molecule has 27 heavy (non-hydrogen) atoms. The Bertz CT molecular complexity index is 846. The van der Waals surface area contributed by atoms with Gasteiger partial charge in [0, 0.05) is 29.0 Å². The third-order valence-corrected chi connectivity index (χ3v) is 7.11. The van der Waals surface area contributed by atoms with Crippen molar-refractivity contribution in [2.24, 2.45) is 0 Å². The van der Waals surface area contributed by atoms with E-state index in [-0.39, 0.29) is 16.8 Å². The lowest BCUT2D eigenvalue weighted by molar-refractivity contribution is -0.122. The van der Waals surface area contributed by atoms with Gasteiger partial charge in [-0.25, -0.2) is 13.1 Å². The second kappa shape index (κ2) is 9.16. The second-order valence-corrected chi connectivity index (χ2v) is 9.66. The first-order valence-corrected chi connectivity index (χ1v) is 11.5. The number of hydrogen-bond acceptors (Lipinski definition) is 5. The Kier molecular flexibility index (Phi) is 6.88.